The van der Waals surface area contributed by atoms with Crippen molar-refractivity contribution in [1.29, 1.82) is 0 Å². The van der Waals surface area contributed by atoms with E-state index in [2.05, 4.69) is 15.0 Å². The number of carbonyl (C=O) groups excluding carboxylic acids is 1. The number of halogens is 2. The molecule has 0 saturated heterocycles. The van der Waals surface area contributed by atoms with Gasteiger partial charge in [0.15, 0.2) is 0 Å². The Hall–Kier alpha value is -2.06. The highest BCUT2D eigenvalue weighted by molar-refractivity contribution is 7.09. The Morgan fingerprint density at radius 3 is 2.96 bits per heavy atom. The van der Waals surface area contributed by atoms with Gasteiger partial charge in [0.25, 0.3) is 5.91 Å². The number of thiazole rings is 1. The lowest BCUT2D eigenvalue weighted by molar-refractivity contribution is -0.0504. The molecule has 1 amide bonds. The van der Waals surface area contributed by atoms with Gasteiger partial charge in [0.2, 0.25) is 0 Å². The molecule has 1 aromatic heterocycles. The molecule has 8 heteroatoms. The summed E-state index contributed by atoms with van der Waals surface area (Å²) >= 11 is 1.36. The first-order valence-corrected chi connectivity index (χ1v) is 7.84. The predicted octanol–water partition coefficient (Wildman–Crippen LogP) is 2.48. The van der Waals surface area contributed by atoms with E-state index in [-0.39, 0.29) is 18.2 Å². The molecule has 0 aliphatic heterocycles. The van der Waals surface area contributed by atoms with Gasteiger partial charge in [-0.2, -0.15) is 8.78 Å². The number of nitrogens with two attached hydrogens (primary N) is 1. The number of rotatable bonds is 7. The second kappa shape index (κ2) is 7.98. The molecule has 0 bridgehead atoms. The molecule has 5 nitrogen and oxygen atoms in total. The lowest BCUT2D eigenvalue weighted by Gasteiger charge is -2.12. The second-order valence-corrected chi connectivity index (χ2v) is 5.78. The van der Waals surface area contributed by atoms with Crippen LogP contribution in [0.5, 0.6) is 5.75 Å². The van der Waals surface area contributed by atoms with Crippen LogP contribution in [0.3, 0.4) is 0 Å². The quantitative estimate of drug-likeness (QED) is 0.811. The Kier molecular flexibility index (Phi) is 6.00. The fourth-order valence-corrected chi connectivity index (χ4v) is 2.77. The molecule has 0 saturated carbocycles. The summed E-state index contributed by atoms with van der Waals surface area (Å²) in [4.78, 5) is 16.2. The van der Waals surface area contributed by atoms with E-state index in [9.17, 15) is 13.6 Å². The number of aromatic nitrogens is 1. The average Bonchev–Trinajstić information content (AvgIpc) is 2.96. The van der Waals surface area contributed by atoms with Crippen molar-refractivity contribution >= 4 is 17.2 Å². The highest BCUT2D eigenvalue weighted by atomic mass is 32.1. The van der Waals surface area contributed by atoms with E-state index in [1.165, 1.54) is 17.4 Å². The topological polar surface area (TPSA) is 77.2 Å². The fourth-order valence-electron chi connectivity index (χ4n) is 1.98. The summed E-state index contributed by atoms with van der Waals surface area (Å²) in [6.45, 7) is -0.542. The number of benzene rings is 1. The van der Waals surface area contributed by atoms with Crippen molar-refractivity contribution in [3.8, 4) is 5.75 Å². The van der Waals surface area contributed by atoms with Gasteiger partial charge in [-0.05, 0) is 19.5 Å². The minimum atomic E-state index is -2.91. The van der Waals surface area contributed by atoms with Crippen LogP contribution in [0.15, 0.2) is 23.6 Å². The lowest BCUT2D eigenvalue weighted by Crippen LogP contribution is -2.23. The molecular weight excluding hydrogens is 324 g/mol. The van der Waals surface area contributed by atoms with E-state index in [0.717, 1.165) is 10.6 Å². The van der Waals surface area contributed by atoms with Gasteiger partial charge in [0.05, 0.1) is 5.01 Å². The molecule has 0 aliphatic carbocycles. The first kappa shape index (κ1) is 17.3. The van der Waals surface area contributed by atoms with E-state index < -0.39 is 6.61 Å². The van der Waals surface area contributed by atoms with E-state index in [4.69, 9.17) is 5.73 Å². The number of amides is 1. The van der Waals surface area contributed by atoms with Crippen LogP contribution >= 0.6 is 11.3 Å². The number of hydrogen-bond donors (Lipinski definition) is 2. The van der Waals surface area contributed by atoms with Crippen molar-refractivity contribution in [3.05, 3.63) is 45.4 Å². The van der Waals surface area contributed by atoms with Crippen LogP contribution in [0.1, 0.15) is 26.6 Å². The number of ether oxygens (including phenoxy) is 1. The van der Waals surface area contributed by atoms with Gasteiger partial charge in [-0.3, -0.25) is 4.79 Å². The molecule has 2 aromatic rings. The van der Waals surface area contributed by atoms with Gasteiger partial charge in [-0.25, -0.2) is 4.98 Å². The molecule has 1 heterocycles. The Bertz CT molecular complexity index is 676. The van der Waals surface area contributed by atoms with E-state index in [1.54, 1.807) is 17.5 Å². The maximum atomic E-state index is 12.4. The highest BCUT2D eigenvalue weighted by Crippen LogP contribution is 2.22. The number of nitrogens with one attached hydrogen (secondary N) is 1. The van der Waals surface area contributed by atoms with Crippen LogP contribution in [0.25, 0.3) is 0 Å². The minimum absolute atomic E-state index is 0.0491. The monoisotopic (exact) mass is 341 g/mol. The van der Waals surface area contributed by atoms with Crippen LogP contribution in [0.2, 0.25) is 0 Å². The van der Waals surface area contributed by atoms with Crippen LogP contribution in [-0.2, 0) is 13.0 Å². The Labute approximate surface area is 136 Å². The first-order valence-electron chi connectivity index (χ1n) is 6.96. The van der Waals surface area contributed by atoms with Crippen LogP contribution < -0.4 is 15.8 Å². The maximum absolute atomic E-state index is 12.4. The second-order valence-electron chi connectivity index (χ2n) is 4.84. The highest BCUT2D eigenvalue weighted by Gasteiger charge is 2.13. The molecule has 3 N–H and O–H groups in total. The van der Waals surface area contributed by atoms with E-state index >= 15 is 0 Å². The van der Waals surface area contributed by atoms with Gasteiger partial charge < -0.3 is 15.8 Å². The van der Waals surface area contributed by atoms with Crippen molar-refractivity contribution in [2.45, 2.75) is 26.5 Å². The standard InChI is InChI=1S/C15H17F2N3O2S/c1-9-2-3-12(22-15(16)17)10(6-9)7-19-14(21)11-8-23-13(20-11)4-5-18/h2-3,6,8,15H,4-5,7,18H2,1H3,(H,19,21). The van der Waals surface area contributed by atoms with E-state index in [0.29, 0.717) is 24.2 Å². The molecular formula is C15H17F2N3O2S. The summed E-state index contributed by atoms with van der Waals surface area (Å²) in [5.74, 6) is -0.318. The molecule has 0 fully saturated rings. The fraction of sp³-hybridized carbons (Fsp3) is 0.333. The molecule has 0 atom stereocenters. The molecule has 23 heavy (non-hydrogen) atoms. The Balaban J connectivity index is 2.04. The van der Waals surface area contributed by atoms with Crippen molar-refractivity contribution < 1.29 is 18.3 Å². The summed E-state index contributed by atoms with van der Waals surface area (Å²) in [6.07, 6.45) is 0.613. The number of hydrogen-bond acceptors (Lipinski definition) is 5. The normalized spacial score (nSPS) is 10.8. The van der Waals surface area contributed by atoms with E-state index in [1.807, 2.05) is 6.92 Å². The summed E-state index contributed by atoms with van der Waals surface area (Å²) in [5, 5.41) is 5.09. The Morgan fingerprint density at radius 2 is 2.26 bits per heavy atom. The third-order valence-corrected chi connectivity index (χ3v) is 3.92. The number of nitrogens with zero attached hydrogens (tertiary/aromatic N) is 1. The average molecular weight is 341 g/mol. The predicted molar refractivity (Wildman–Crippen MR) is 83.9 cm³/mol. The SMILES string of the molecule is Cc1ccc(OC(F)F)c(CNC(=O)c2csc(CCN)n2)c1. The summed E-state index contributed by atoms with van der Waals surface area (Å²) in [5.41, 5.74) is 7.10. The van der Waals surface area contributed by atoms with Crippen molar-refractivity contribution in [1.82, 2.24) is 10.3 Å². The number of alkyl halides is 2. The largest absolute Gasteiger partial charge is 0.434 e. The van der Waals surface area contributed by atoms with Crippen molar-refractivity contribution in [2.75, 3.05) is 6.54 Å². The summed E-state index contributed by atoms with van der Waals surface area (Å²) in [7, 11) is 0. The molecule has 0 unspecified atom stereocenters. The zero-order chi connectivity index (χ0) is 16.8. The molecule has 1 aromatic carbocycles. The molecule has 124 valence electrons. The molecule has 0 spiro atoms. The van der Waals surface area contributed by atoms with Crippen LogP contribution in [0.4, 0.5) is 8.78 Å². The molecule has 0 aliphatic rings. The van der Waals surface area contributed by atoms with Crippen LogP contribution in [0, 0.1) is 6.92 Å². The summed E-state index contributed by atoms with van der Waals surface area (Å²) in [6, 6.07) is 4.83. The number of aryl methyl sites for hydroxylation is 1. The van der Waals surface area contributed by atoms with Gasteiger partial charge in [0.1, 0.15) is 11.4 Å². The van der Waals surface area contributed by atoms with Gasteiger partial charge >= 0.3 is 6.61 Å². The van der Waals surface area contributed by atoms with Gasteiger partial charge in [-0.15, -0.1) is 11.3 Å². The van der Waals surface area contributed by atoms with Crippen LogP contribution in [-0.4, -0.2) is 24.0 Å². The maximum Gasteiger partial charge on any atom is 0.387 e. The molecule has 0 radical (unpaired) electrons. The first-order chi connectivity index (χ1) is 11.0. The third-order valence-electron chi connectivity index (χ3n) is 3.01. The number of carbonyl (C=O) groups is 1. The smallest absolute Gasteiger partial charge is 0.387 e. The minimum Gasteiger partial charge on any atom is -0.434 e. The third kappa shape index (κ3) is 4.97. The zero-order valence-electron chi connectivity index (χ0n) is 12.5. The van der Waals surface area contributed by atoms with Crippen molar-refractivity contribution in [2.24, 2.45) is 5.73 Å². The van der Waals surface area contributed by atoms with Crippen molar-refractivity contribution in [3.63, 3.8) is 0 Å². The summed E-state index contributed by atoms with van der Waals surface area (Å²) < 4.78 is 29.3. The zero-order valence-corrected chi connectivity index (χ0v) is 13.3. The lowest BCUT2D eigenvalue weighted by atomic mass is 10.1. The van der Waals surface area contributed by atoms with Gasteiger partial charge in [0, 0.05) is 23.9 Å². The Morgan fingerprint density at radius 1 is 1.48 bits per heavy atom. The van der Waals surface area contributed by atoms with Gasteiger partial charge in [-0.1, -0.05) is 17.7 Å². The molecule has 2 rings (SSSR count).